The van der Waals surface area contributed by atoms with Crippen LogP contribution in [0, 0.1) is 4.77 Å². The van der Waals surface area contributed by atoms with Gasteiger partial charge in [0.05, 0.1) is 12.0 Å². The molecule has 3 N–H and O–H groups in total. The zero-order chi connectivity index (χ0) is 15.0. The number of aromatic amines is 1. The number of nitrogens with one attached hydrogen (secondary N) is 1. The summed E-state index contributed by atoms with van der Waals surface area (Å²) >= 11 is 5.12. The quantitative estimate of drug-likeness (QED) is 0.721. The number of amides is 1. The zero-order valence-electron chi connectivity index (χ0n) is 10.8. The van der Waals surface area contributed by atoms with Gasteiger partial charge in [-0.05, 0) is 24.4 Å². The molecular weight excluding hydrogens is 290 g/mol. The van der Waals surface area contributed by atoms with E-state index in [9.17, 15) is 9.59 Å². The van der Waals surface area contributed by atoms with Gasteiger partial charge in [0.15, 0.2) is 4.77 Å². The normalized spacial score (nSPS) is 10.9. The van der Waals surface area contributed by atoms with Crippen molar-refractivity contribution in [1.82, 2.24) is 9.55 Å². The number of para-hydroxylation sites is 1. The molecule has 0 radical (unpaired) electrons. The number of H-pyrrole nitrogens is 1. The Morgan fingerprint density at radius 2 is 2.19 bits per heavy atom. The zero-order valence-corrected chi connectivity index (χ0v) is 11.6. The lowest BCUT2D eigenvalue weighted by molar-refractivity contribution is -0.118. The van der Waals surface area contributed by atoms with Crippen LogP contribution in [-0.4, -0.2) is 15.5 Å². The SMILES string of the molecule is NC(=O)Cn1c(-c2cccc3ccoc23)cc(=O)[nH]c1=S. The largest absolute Gasteiger partial charge is 0.464 e. The highest BCUT2D eigenvalue weighted by molar-refractivity contribution is 7.71. The van der Waals surface area contributed by atoms with Gasteiger partial charge in [-0.1, -0.05) is 12.1 Å². The van der Waals surface area contributed by atoms with E-state index in [1.807, 2.05) is 18.2 Å². The minimum atomic E-state index is -0.550. The lowest BCUT2D eigenvalue weighted by Crippen LogP contribution is -2.23. The van der Waals surface area contributed by atoms with Crippen molar-refractivity contribution < 1.29 is 9.21 Å². The Hall–Kier alpha value is -2.67. The standard InChI is InChI=1S/C14H11N3O3S/c15-11(18)7-17-10(6-12(19)16-14(17)21)9-3-1-2-8-4-5-20-13(8)9/h1-6H,7H2,(H2,15,18)(H,16,19,21). The summed E-state index contributed by atoms with van der Waals surface area (Å²) in [5.41, 5.74) is 6.69. The Morgan fingerprint density at radius 3 is 2.95 bits per heavy atom. The number of hydrogen-bond donors (Lipinski definition) is 2. The third-order valence-corrected chi connectivity index (χ3v) is 3.43. The second kappa shape index (κ2) is 5.02. The van der Waals surface area contributed by atoms with E-state index in [1.165, 1.54) is 10.6 Å². The van der Waals surface area contributed by atoms with Crippen LogP contribution in [0.5, 0.6) is 0 Å². The Balaban J connectivity index is 2.36. The van der Waals surface area contributed by atoms with Crippen molar-refractivity contribution in [3.8, 4) is 11.3 Å². The fraction of sp³-hybridized carbons (Fsp3) is 0.0714. The first-order chi connectivity index (χ1) is 10.1. The average molecular weight is 301 g/mol. The van der Waals surface area contributed by atoms with Crippen LogP contribution in [0.4, 0.5) is 0 Å². The molecule has 0 aliphatic carbocycles. The second-order valence-electron chi connectivity index (χ2n) is 4.52. The van der Waals surface area contributed by atoms with E-state index < -0.39 is 5.91 Å². The molecule has 0 atom stereocenters. The summed E-state index contributed by atoms with van der Waals surface area (Å²) in [6.07, 6.45) is 1.56. The van der Waals surface area contributed by atoms with Crippen molar-refractivity contribution in [1.29, 1.82) is 0 Å². The number of nitrogens with two attached hydrogens (primary N) is 1. The molecule has 2 heterocycles. The summed E-state index contributed by atoms with van der Waals surface area (Å²) in [5.74, 6) is -0.550. The molecule has 1 amide bonds. The van der Waals surface area contributed by atoms with E-state index in [-0.39, 0.29) is 16.9 Å². The molecule has 21 heavy (non-hydrogen) atoms. The molecule has 0 saturated carbocycles. The number of aromatic nitrogens is 2. The second-order valence-corrected chi connectivity index (χ2v) is 4.91. The predicted molar refractivity (Wildman–Crippen MR) is 80.3 cm³/mol. The van der Waals surface area contributed by atoms with Gasteiger partial charge in [-0.15, -0.1) is 0 Å². The maximum Gasteiger partial charge on any atom is 0.252 e. The Bertz CT molecular complexity index is 952. The van der Waals surface area contributed by atoms with Gasteiger partial charge < -0.3 is 14.7 Å². The number of carbonyl (C=O) groups is 1. The number of hydrogen-bond acceptors (Lipinski definition) is 4. The smallest absolute Gasteiger partial charge is 0.252 e. The third kappa shape index (κ3) is 2.38. The van der Waals surface area contributed by atoms with Crippen LogP contribution >= 0.6 is 12.2 Å². The highest BCUT2D eigenvalue weighted by atomic mass is 32.1. The van der Waals surface area contributed by atoms with Gasteiger partial charge in [0.2, 0.25) is 5.91 Å². The average Bonchev–Trinajstić information content (AvgIpc) is 2.89. The molecule has 2 aromatic heterocycles. The van der Waals surface area contributed by atoms with Crippen LogP contribution in [0.1, 0.15) is 0 Å². The first-order valence-corrected chi connectivity index (χ1v) is 6.56. The Kier molecular flexibility index (Phi) is 3.19. The molecule has 0 aliphatic rings. The van der Waals surface area contributed by atoms with E-state index in [0.717, 1.165) is 5.39 Å². The molecule has 6 nitrogen and oxygen atoms in total. The van der Waals surface area contributed by atoms with E-state index >= 15 is 0 Å². The lowest BCUT2D eigenvalue weighted by Gasteiger charge is -2.12. The number of benzene rings is 1. The summed E-state index contributed by atoms with van der Waals surface area (Å²) in [6, 6.07) is 8.72. The minimum Gasteiger partial charge on any atom is -0.464 e. The molecular formula is C14H11N3O3S. The van der Waals surface area contributed by atoms with Crippen LogP contribution < -0.4 is 11.3 Å². The molecule has 7 heteroatoms. The van der Waals surface area contributed by atoms with Gasteiger partial charge in [-0.25, -0.2) is 0 Å². The number of rotatable bonds is 3. The maximum absolute atomic E-state index is 11.7. The first-order valence-electron chi connectivity index (χ1n) is 6.15. The van der Waals surface area contributed by atoms with E-state index in [4.69, 9.17) is 22.4 Å². The number of furan rings is 1. The van der Waals surface area contributed by atoms with Gasteiger partial charge in [-0.2, -0.15) is 0 Å². The number of primary amides is 1. The van der Waals surface area contributed by atoms with Crippen LogP contribution in [-0.2, 0) is 11.3 Å². The third-order valence-electron chi connectivity index (χ3n) is 3.10. The van der Waals surface area contributed by atoms with Gasteiger partial charge in [-0.3, -0.25) is 14.6 Å². The molecule has 0 saturated heterocycles. The fourth-order valence-electron chi connectivity index (χ4n) is 2.25. The van der Waals surface area contributed by atoms with Crippen molar-refractivity contribution >= 4 is 29.1 Å². The molecule has 0 spiro atoms. The summed E-state index contributed by atoms with van der Waals surface area (Å²) in [6.45, 7) is -0.123. The Labute approximate surface area is 123 Å². The van der Waals surface area contributed by atoms with Gasteiger partial charge in [0.25, 0.3) is 5.56 Å². The molecule has 106 valence electrons. The van der Waals surface area contributed by atoms with Gasteiger partial charge in [0.1, 0.15) is 12.1 Å². The maximum atomic E-state index is 11.7. The Morgan fingerprint density at radius 1 is 1.38 bits per heavy atom. The van der Waals surface area contributed by atoms with Crippen molar-refractivity contribution in [2.75, 3.05) is 0 Å². The van der Waals surface area contributed by atoms with Crippen LogP contribution in [0.3, 0.4) is 0 Å². The number of fused-ring (bicyclic) bond motifs is 1. The number of nitrogens with zero attached hydrogens (tertiary/aromatic N) is 1. The molecule has 3 aromatic rings. The first kappa shape index (κ1) is 13.3. The highest BCUT2D eigenvalue weighted by Crippen LogP contribution is 2.28. The van der Waals surface area contributed by atoms with Crippen molar-refractivity contribution in [3.05, 3.63) is 51.7 Å². The van der Waals surface area contributed by atoms with E-state index in [2.05, 4.69) is 4.98 Å². The van der Waals surface area contributed by atoms with Crippen molar-refractivity contribution in [2.45, 2.75) is 6.54 Å². The molecule has 3 rings (SSSR count). The minimum absolute atomic E-state index is 0.123. The van der Waals surface area contributed by atoms with Crippen molar-refractivity contribution in [2.24, 2.45) is 5.73 Å². The van der Waals surface area contributed by atoms with Gasteiger partial charge >= 0.3 is 0 Å². The molecule has 0 unspecified atom stereocenters. The lowest BCUT2D eigenvalue weighted by atomic mass is 10.1. The molecule has 0 bridgehead atoms. The summed E-state index contributed by atoms with van der Waals surface area (Å²) in [5, 5.41) is 0.893. The monoisotopic (exact) mass is 301 g/mol. The summed E-state index contributed by atoms with van der Waals surface area (Å²) in [4.78, 5) is 25.4. The molecule has 0 aliphatic heterocycles. The highest BCUT2D eigenvalue weighted by Gasteiger charge is 2.13. The predicted octanol–water partition coefficient (Wildman–Crippen LogP) is 1.80. The van der Waals surface area contributed by atoms with Crippen LogP contribution in [0.15, 0.2) is 45.8 Å². The summed E-state index contributed by atoms with van der Waals surface area (Å²) < 4.78 is 7.09. The molecule has 1 aromatic carbocycles. The van der Waals surface area contributed by atoms with E-state index in [1.54, 1.807) is 12.3 Å². The molecule has 0 fully saturated rings. The van der Waals surface area contributed by atoms with Crippen molar-refractivity contribution in [3.63, 3.8) is 0 Å². The topological polar surface area (TPSA) is 94.0 Å². The number of carbonyl (C=O) groups excluding carboxylic acids is 1. The fourth-order valence-corrected chi connectivity index (χ4v) is 2.51. The van der Waals surface area contributed by atoms with E-state index in [0.29, 0.717) is 16.8 Å². The van der Waals surface area contributed by atoms with Crippen LogP contribution in [0.2, 0.25) is 0 Å². The summed E-state index contributed by atoms with van der Waals surface area (Å²) in [7, 11) is 0. The van der Waals surface area contributed by atoms with Gasteiger partial charge in [0, 0.05) is 17.0 Å². The van der Waals surface area contributed by atoms with Crippen LogP contribution in [0.25, 0.3) is 22.2 Å².